The van der Waals surface area contributed by atoms with Crippen molar-refractivity contribution in [1.29, 1.82) is 0 Å². The Morgan fingerprint density at radius 1 is 1.23 bits per heavy atom. The van der Waals surface area contributed by atoms with Crippen molar-refractivity contribution in [3.05, 3.63) is 58.7 Å². The van der Waals surface area contributed by atoms with E-state index in [1.54, 1.807) is 30.9 Å². The van der Waals surface area contributed by atoms with Crippen molar-refractivity contribution in [3.63, 3.8) is 0 Å². The molecule has 35 heavy (non-hydrogen) atoms. The van der Waals surface area contributed by atoms with Crippen LogP contribution >= 0.6 is 0 Å². The van der Waals surface area contributed by atoms with E-state index in [0.29, 0.717) is 43.0 Å². The highest BCUT2D eigenvalue weighted by Gasteiger charge is 2.32. The Bertz CT molecular complexity index is 1090. The van der Waals surface area contributed by atoms with Gasteiger partial charge in [-0.2, -0.15) is 0 Å². The summed E-state index contributed by atoms with van der Waals surface area (Å²) in [7, 11) is 0. The lowest BCUT2D eigenvalue weighted by atomic mass is 10.0. The number of piperazine rings is 1. The predicted octanol–water partition coefficient (Wildman–Crippen LogP) is 4.63. The Labute approximate surface area is 206 Å². The van der Waals surface area contributed by atoms with Crippen LogP contribution in [0.1, 0.15) is 60.9 Å². The monoisotopic (exact) mass is 486 g/mol. The summed E-state index contributed by atoms with van der Waals surface area (Å²) in [6.45, 7) is 13.3. The maximum absolute atomic E-state index is 14.4. The van der Waals surface area contributed by atoms with E-state index in [1.807, 2.05) is 33.8 Å². The van der Waals surface area contributed by atoms with Gasteiger partial charge in [-0.1, -0.05) is 12.1 Å². The van der Waals surface area contributed by atoms with Crippen molar-refractivity contribution >= 4 is 17.7 Å². The Kier molecular flexibility index (Phi) is 8.00. The first-order valence-corrected chi connectivity index (χ1v) is 11.8. The third-order valence-electron chi connectivity index (χ3n) is 6.00. The highest BCUT2D eigenvalue weighted by molar-refractivity contribution is 5.87. The molecule has 0 spiro atoms. The Morgan fingerprint density at radius 3 is 2.51 bits per heavy atom. The molecule has 190 valence electrons. The third-order valence-corrected chi connectivity index (χ3v) is 6.00. The van der Waals surface area contributed by atoms with Gasteiger partial charge in [-0.05, 0) is 70.4 Å². The molecule has 0 aliphatic carbocycles. The molecule has 0 bridgehead atoms. The lowest BCUT2D eigenvalue weighted by Gasteiger charge is -2.41. The topological polar surface area (TPSA) is 95.0 Å². The molecule has 1 aliphatic rings. The molecular formula is C26H35FN4O4. The fraction of sp³-hybridized carbons (Fsp3) is 0.500. The van der Waals surface area contributed by atoms with Crippen LogP contribution < -0.4 is 5.32 Å². The van der Waals surface area contributed by atoms with Crippen LogP contribution in [0.15, 0.2) is 30.5 Å². The van der Waals surface area contributed by atoms with Crippen LogP contribution in [0.3, 0.4) is 0 Å². The number of benzene rings is 1. The lowest BCUT2D eigenvalue weighted by molar-refractivity contribution is 0.00108. The molecule has 2 aromatic rings. The number of anilines is 1. The zero-order valence-corrected chi connectivity index (χ0v) is 21.3. The van der Waals surface area contributed by atoms with Gasteiger partial charge < -0.3 is 20.1 Å². The van der Waals surface area contributed by atoms with Crippen LogP contribution in [0, 0.1) is 19.7 Å². The number of pyridine rings is 1. The van der Waals surface area contributed by atoms with Gasteiger partial charge in [-0.25, -0.2) is 19.0 Å². The van der Waals surface area contributed by atoms with Crippen LogP contribution in [0.2, 0.25) is 0 Å². The number of carbonyl (C=O) groups is 2. The first-order chi connectivity index (χ1) is 16.3. The Balaban J connectivity index is 1.78. The van der Waals surface area contributed by atoms with Crippen molar-refractivity contribution in [2.75, 3.05) is 31.5 Å². The second kappa shape index (κ2) is 10.6. The smallest absolute Gasteiger partial charge is 0.410 e. The van der Waals surface area contributed by atoms with Gasteiger partial charge in [0, 0.05) is 32.2 Å². The van der Waals surface area contributed by atoms with Gasteiger partial charge in [0.25, 0.3) is 0 Å². The number of halogens is 1. The van der Waals surface area contributed by atoms with Crippen molar-refractivity contribution in [2.24, 2.45) is 0 Å². The van der Waals surface area contributed by atoms with Gasteiger partial charge >= 0.3 is 12.1 Å². The largest absolute Gasteiger partial charge is 0.477 e. The third kappa shape index (κ3) is 6.91. The van der Waals surface area contributed by atoms with Gasteiger partial charge in [0.2, 0.25) is 0 Å². The first-order valence-electron chi connectivity index (χ1n) is 11.8. The Morgan fingerprint density at radius 2 is 1.94 bits per heavy atom. The minimum atomic E-state index is -1.08. The summed E-state index contributed by atoms with van der Waals surface area (Å²) in [5.74, 6) is -1.36. The number of ether oxygens (including phenoxy) is 1. The van der Waals surface area contributed by atoms with Crippen LogP contribution in [-0.4, -0.2) is 69.8 Å². The molecule has 3 rings (SSSR count). The number of hydrogen-bond donors (Lipinski definition) is 2. The van der Waals surface area contributed by atoms with E-state index in [-0.39, 0.29) is 29.7 Å². The van der Waals surface area contributed by atoms with E-state index >= 15 is 0 Å². The summed E-state index contributed by atoms with van der Waals surface area (Å²) in [6, 6.07) is 6.58. The lowest BCUT2D eigenvalue weighted by Crippen LogP contribution is -2.55. The molecular weight excluding hydrogens is 451 g/mol. The van der Waals surface area contributed by atoms with Crippen molar-refractivity contribution in [1.82, 2.24) is 14.8 Å². The summed E-state index contributed by atoms with van der Waals surface area (Å²) in [4.78, 5) is 31.9. The molecule has 0 saturated carbocycles. The molecule has 1 aromatic heterocycles. The molecule has 1 amide bonds. The summed E-state index contributed by atoms with van der Waals surface area (Å²) >= 11 is 0. The van der Waals surface area contributed by atoms with Gasteiger partial charge in [0.1, 0.15) is 11.4 Å². The maximum atomic E-state index is 14.4. The van der Waals surface area contributed by atoms with Crippen LogP contribution in [0.25, 0.3) is 0 Å². The number of aromatic nitrogens is 1. The van der Waals surface area contributed by atoms with Crippen molar-refractivity contribution < 1.29 is 23.8 Å². The predicted molar refractivity (Wildman–Crippen MR) is 132 cm³/mol. The number of carboxylic acids is 1. The zero-order chi connectivity index (χ0) is 25.9. The molecule has 1 aromatic carbocycles. The number of rotatable bonds is 6. The van der Waals surface area contributed by atoms with Gasteiger partial charge in [0.15, 0.2) is 5.69 Å². The summed E-state index contributed by atoms with van der Waals surface area (Å²) in [6.07, 6.45) is 1.16. The van der Waals surface area contributed by atoms with Crippen LogP contribution in [0.4, 0.5) is 14.9 Å². The summed E-state index contributed by atoms with van der Waals surface area (Å²) < 4.78 is 20.0. The average molecular weight is 487 g/mol. The SMILES string of the molecule is Cc1ccc(C(CN2CCN(C(=O)OC(C)(C)C)[C@H](C)C2)Nc2cnc(C(=O)O)c(C)c2)cc1F. The maximum Gasteiger partial charge on any atom is 0.410 e. The highest BCUT2D eigenvalue weighted by Crippen LogP contribution is 2.25. The number of hydrogen-bond acceptors (Lipinski definition) is 6. The zero-order valence-electron chi connectivity index (χ0n) is 21.3. The summed E-state index contributed by atoms with van der Waals surface area (Å²) in [5.41, 5.74) is 1.97. The molecule has 1 unspecified atom stereocenters. The quantitative estimate of drug-likeness (QED) is 0.615. The van der Waals surface area contributed by atoms with Crippen molar-refractivity contribution in [3.8, 4) is 0 Å². The molecule has 8 nitrogen and oxygen atoms in total. The van der Waals surface area contributed by atoms with Crippen LogP contribution in [-0.2, 0) is 4.74 Å². The minimum absolute atomic E-state index is 0.000528. The number of aromatic carboxylic acids is 1. The van der Waals surface area contributed by atoms with E-state index in [9.17, 15) is 19.1 Å². The van der Waals surface area contributed by atoms with Gasteiger partial charge in [-0.15, -0.1) is 0 Å². The average Bonchev–Trinajstić information content (AvgIpc) is 2.74. The number of carbonyl (C=O) groups excluding carboxylic acids is 1. The Hall–Kier alpha value is -3.20. The number of carboxylic acid groups (broad SMARTS) is 1. The van der Waals surface area contributed by atoms with Crippen LogP contribution in [0.5, 0.6) is 0 Å². The normalized spacial score (nSPS) is 17.7. The van der Waals surface area contributed by atoms with Gasteiger partial charge in [0.05, 0.1) is 17.9 Å². The molecule has 2 atom stereocenters. The van der Waals surface area contributed by atoms with E-state index in [2.05, 4.69) is 15.2 Å². The number of amides is 1. The molecule has 9 heteroatoms. The highest BCUT2D eigenvalue weighted by atomic mass is 19.1. The second-order valence-electron chi connectivity index (χ2n) is 10.2. The number of nitrogens with zero attached hydrogens (tertiary/aromatic N) is 3. The first kappa shape index (κ1) is 26.4. The fourth-order valence-corrected chi connectivity index (χ4v) is 4.19. The minimum Gasteiger partial charge on any atom is -0.477 e. The van der Waals surface area contributed by atoms with Crippen molar-refractivity contribution in [2.45, 2.75) is 59.2 Å². The number of nitrogens with one attached hydrogen (secondary N) is 1. The van der Waals surface area contributed by atoms with E-state index in [1.165, 1.54) is 12.3 Å². The molecule has 1 saturated heterocycles. The van der Waals surface area contributed by atoms with E-state index in [0.717, 1.165) is 5.56 Å². The fourth-order valence-electron chi connectivity index (χ4n) is 4.19. The van der Waals surface area contributed by atoms with Gasteiger partial charge in [-0.3, -0.25) is 4.90 Å². The van der Waals surface area contributed by atoms with E-state index in [4.69, 9.17) is 4.74 Å². The summed E-state index contributed by atoms with van der Waals surface area (Å²) in [5, 5.41) is 12.7. The molecule has 2 heterocycles. The molecule has 1 aliphatic heterocycles. The molecule has 0 radical (unpaired) electrons. The van der Waals surface area contributed by atoms with E-state index < -0.39 is 11.6 Å². The molecule has 2 N–H and O–H groups in total. The second-order valence-corrected chi connectivity index (χ2v) is 10.2. The standard InChI is InChI=1S/C26H35FN4O4/c1-16-7-8-19(12-21(16)27)22(29-20-11-17(2)23(24(32)33)28-13-20)15-30-9-10-31(18(3)14-30)25(34)35-26(4,5)6/h7-8,11-13,18,22,29H,9-10,14-15H2,1-6H3,(H,32,33)/t18-,22?/m1/s1. The number of aryl methyl sites for hydroxylation is 2. The molecule has 1 fully saturated rings.